The van der Waals surface area contributed by atoms with Crippen molar-refractivity contribution in [2.45, 2.75) is 13.8 Å². The Bertz CT molecular complexity index is 939. The Morgan fingerprint density at radius 1 is 0.731 bits per heavy atom. The van der Waals surface area contributed by atoms with E-state index in [1.54, 1.807) is 6.08 Å². The van der Waals surface area contributed by atoms with E-state index >= 15 is 0 Å². The summed E-state index contributed by atoms with van der Waals surface area (Å²) in [7, 11) is 0. The van der Waals surface area contributed by atoms with Crippen LogP contribution in [0, 0.1) is 6.92 Å². The zero-order valence-corrected chi connectivity index (χ0v) is 15.4. The van der Waals surface area contributed by atoms with E-state index in [-0.39, 0.29) is 0 Å². The van der Waals surface area contributed by atoms with Gasteiger partial charge in [0.15, 0.2) is 0 Å². The maximum Gasteiger partial charge on any atom is -0.0172 e. The van der Waals surface area contributed by atoms with Crippen molar-refractivity contribution in [2.24, 2.45) is 0 Å². The summed E-state index contributed by atoms with van der Waals surface area (Å²) in [6, 6.07) is 26.1. The third-order valence-corrected chi connectivity index (χ3v) is 4.47. The SMILES string of the molecule is C=C/C=C\C=C(/C)c1cc(-c2ccccc2)cc(-c2ccc(C)cc2)c1. The van der Waals surface area contributed by atoms with Crippen LogP contribution in [-0.4, -0.2) is 0 Å². The molecule has 0 aliphatic carbocycles. The maximum absolute atomic E-state index is 3.73. The van der Waals surface area contributed by atoms with Gasteiger partial charge in [0.05, 0.1) is 0 Å². The average Bonchev–Trinajstić information content (AvgIpc) is 2.69. The van der Waals surface area contributed by atoms with E-state index in [1.165, 1.54) is 39.0 Å². The molecule has 0 saturated carbocycles. The molecule has 3 rings (SSSR count). The molecular weight excluding hydrogens is 312 g/mol. The Balaban J connectivity index is 2.13. The fourth-order valence-electron chi connectivity index (χ4n) is 2.94. The Kier molecular flexibility index (Phi) is 5.66. The standard InChI is InChI=1S/C26H24/c1-4-5-7-10-21(3)24-17-25(22-11-8-6-9-12-22)19-26(18-24)23-15-13-20(2)14-16-23/h4-19H,1H2,2-3H3/b7-5-,21-10+. The van der Waals surface area contributed by atoms with Crippen molar-refractivity contribution in [3.63, 3.8) is 0 Å². The van der Waals surface area contributed by atoms with Crippen LogP contribution >= 0.6 is 0 Å². The molecule has 0 unspecified atom stereocenters. The predicted octanol–water partition coefficient (Wildman–Crippen LogP) is 7.47. The summed E-state index contributed by atoms with van der Waals surface area (Å²) in [5, 5.41) is 0. The van der Waals surface area contributed by atoms with E-state index in [2.05, 4.69) is 99.3 Å². The lowest BCUT2D eigenvalue weighted by atomic mass is 9.93. The first-order chi connectivity index (χ1) is 12.7. The smallest absolute Gasteiger partial charge is 0.0172 e. The number of hydrogen-bond donors (Lipinski definition) is 0. The lowest BCUT2D eigenvalue weighted by Gasteiger charge is -2.11. The molecule has 3 aromatic carbocycles. The molecule has 0 aliphatic heterocycles. The molecular formula is C26H24. The molecule has 128 valence electrons. The van der Waals surface area contributed by atoms with Gasteiger partial charge in [-0.05, 0) is 65.4 Å². The van der Waals surface area contributed by atoms with E-state index in [0.29, 0.717) is 0 Å². The predicted molar refractivity (Wildman–Crippen MR) is 115 cm³/mol. The largest absolute Gasteiger partial charge is 0.0991 e. The molecule has 0 heterocycles. The van der Waals surface area contributed by atoms with Gasteiger partial charge < -0.3 is 0 Å². The molecule has 0 radical (unpaired) electrons. The first-order valence-electron chi connectivity index (χ1n) is 8.91. The molecule has 0 amide bonds. The zero-order valence-electron chi connectivity index (χ0n) is 15.4. The highest BCUT2D eigenvalue weighted by Gasteiger charge is 2.06. The fraction of sp³-hybridized carbons (Fsp3) is 0.0769. The van der Waals surface area contributed by atoms with Gasteiger partial charge in [-0.3, -0.25) is 0 Å². The lowest BCUT2D eigenvalue weighted by Crippen LogP contribution is -1.87. The van der Waals surface area contributed by atoms with Crippen molar-refractivity contribution >= 4 is 5.57 Å². The normalized spacial score (nSPS) is 11.7. The molecule has 0 spiro atoms. The van der Waals surface area contributed by atoms with Gasteiger partial charge in [-0.15, -0.1) is 0 Å². The molecule has 0 N–H and O–H groups in total. The number of allylic oxidation sites excluding steroid dienone is 5. The molecule has 0 fully saturated rings. The van der Waals surface area contributed by atoms with Gasteiger partial charge in [0, 0.05) is 0 Å². The van der Waals surface area contributed by atoms with Crippen LogP contribution < -0.4 is 0 Å². The van der Waals surface area contributed by atoms with Crippen LogP contribution in [-0.2, 0) is 0 Å². The molecule has 0 bridgehead atoms. The van der Waals surface area contributed by atoms with Gasteiger partial charge in [0.2, 0.25) is 0 Å². The third-order valence-electron chi connectivity index (χ3n) is 4.47. The number of rotatable bonds is 5. The summed E-state index contributed by atoms with van der Waals surface area (Å²) >= 11 is 0. The molecule has 0 saturated heterocycles. The zero-order chi connectivity index (χ0) is 18.4. The molecule has 0 heteroatoms. The lowest BCUT2D eigenvalue weighted by molar-refractivity contribution is 1.46. The van der Waals surface area contributed by atoms with E-state index < -0.39 is 0 Å². The second-order valence-corrected chi connectivity index (χ2v) is 6.50. The van der Waals surface area contributed by atoms with E-state index in [0.717, 1.165) is 0 Å². The van der Waals surface area contributed by atoms with Crippen molar-refractivity contribution in [3.05, 3.63) is 115 Å². The van der Waals surface area contributed by atoms with Crippen LogP contribution in [0.2, 0.25) is 0 Å². The van der Waals surface area contributed by atoms with E-state index in [4.69, 9.17) is 0 Å². The summed E-state index contributed by atoms with van der Waals surface area (Å²) < 4.78 is 0. The average molecular weight is 336 g/mol. The highest BCUT2D eigenvalue weighted by Crippen LogP contribution is 2.31. The summed E-state index contributed by atoms with van der Waals surface area (Å²) in [6.45, 7) is 8.00. The molecule has 26 heavy (non-hydrogen) atoms. The van der Waals surface area contributed by atoms with Gasteiger partial charge in [0.1, 0.15) is 0 Å². The van der Waals surface area contributed by atoms with Crippen LogP contribution in [0.25, 0.3) is 27.8 Å². The minimum Gasteiger partial charge on any atom is -0.0991 e. The minimum atomic E-state index is 1.23. The quantitative estimate of drug-likeness (QED) is 0.424. The minimum absolute atomic E-state index is 1.23. The van der Waals surface area contributed by atoms with Crippen LogP contribution in [0.4, 0.5) is 0 Å². The van der Waals surface area contributed by atoms with Crippen molar-refractivity contribution in [2.75, 3.05) is 0 Å². The number of hydrogen-bond acceptors (Lipinski definition) is 0. The topological polar surface area (TPSA) is 0 Å². The second-order valence-electron chi connectivity index (χ2n) is 6.50. The highest BCUT2D eigenvalue weighted by atomic mass is 14.1. The highest BCUT2D eigenvalue weighted by molar-refractivity contribution is 5.80. The Morgan fingerprint density at radius 3 is 1.96 bits per heavy atom. The van der Waals surface area contributed by atoms with Gasteiger partial charge >= 0.3 is 0 Å². The fourth-order valence-corrected chi connectivity index (χ4v) is 2.94. The van der Waals surface area contributed by atoms with Crippen LogP contribution in [0.1, 0.15) is 18.1 Å². The molecule has 0 nitrogen and oxygen atoms in total. The monoisotopic (exact) mass is 336 g/mol. The van der Waals surface area contributed by atoms with E-state index in [9.17, 15) is 0 Å². The summed E-state index contributed by atoms with van der Waals surface area (Å²) in [4.78, 5) is 0. The maximum atomic E-state index is 3.73. The Labute approximate surface area is 156 Å². The van der Waals surface area contributed by atoms with Gasteiger partial charge in [-0.25, -0.2) is 0 Å². The van der Waals surface area contributed by atoms with Crippen molar-refractivity contribution in [3.8, 4) is 22.3 Å². The number of aryl methyl sites for hydroxylation is 1. The van der Waals surface area contributed by atoms with Gasteiger partial charge in [-0.2, -0.15) is 0 Å². The van der Waals surface area contributed by atoms with Gasteiger partial charge in [-0.1, -0.05) is 91.0 Å². The van der Waals surface area contributed by atoms with Crippen LogP contribution in [0.15, 0.2) is 104 Å². The Morgan fingerprint density at radius 2 is 1.35 bits per heavy atom. The summed E-state index contributed by atoms with van der Waals surface area (Å²) in [6.07, 6.45) is 7.90. The van der Waals surface area contributed by atoms with Crippen LogP contribution in [0.5, 0.6) is 0 Å². The first kappa shape index (κ1) is 17.7. The van der Waals surface area contributed by atoms with Crippen molar-refractivity contribution < 1.29 is 0 Å². The molecule has 0 aliphatic rings. The van der Waals surface area contributed by atoms with Crippen molar-refractivity contribution in [1.82, 2.24) is 0 Å². The summed E-state index contributed by atoms with van der Waals surface area (Å²) in [5.41, 5.74) is 8.69. The van der Waals surface area contributed by atoms with E-state index in [1.807, 2.05) is 12.2 Å². The first-order valence-corrected chi connectivity index (χ1v) is 8.91. The Hall–Kier alpha value is -3.12. The number of benzene rings is 3. The molecule has 3 aromatic rings. The molecule has 0 aromatic heterocycles. The second kappa shape index (κ2) is 8.31. The third kappa shape index (κ3) is 4.29. The van der Waals surface area contributed by atoms with Gasteiger partial charge in [0.25, 0.3) is 0 Å². The molecule has 0 atom stereocenters. The van der Waals surface area contributed by atoms with Crippen LogP contribution in [0.3, 0.4) is 0 Å². The van der Waals surface area contributed by atoms with Crippen molar-refractivity contribution in [1.29, 1.82) is 0 Å². The summed E-state index contributed by atoms with van der Waals surface area (Å²) in [5.74, 6) is 0.